The Bertz CT molecular complexity index is 3540. The Hall–Kier alpha value is -8.25. The number of likely N-dealkylation sites (N-methyl/N-ethyl adjacent to an activating group) is 6. The molecule has 31 heteroatoms. The summed E-state index contributed by atoms with van der Waals surface area (Å²) in [5.41, 5.74) is 0.960. The molecule has 4 rings (SSSR count). The molecule has 2 heterocycles. The molecule has 0 saturated carbocycles. The first-order chi connectivity index (χ1) is 50.5. The van der Waals surface area contributed by atoms with Gasteiger partial charge < -0.3 is 65.6 Å². The predicted octanol–water partition coefficient (Wildman–Crippen LogP) is 3.90. The number of piperidine rings is 1. The van der Waals surface area contributed by atoms with Crippen LogP contribution in [0.5, 0.6) is 0 Å². The van der Waals surface area contributed by atoms with Crippen LogP contribution in [-0.2, 0) is 85.2 Å². The highest BCUT2D eigenvalue weighted by molar-refractivity contribution is 7.89. The molecule has 0 spiro atoms. The summed E-state index contributed by atoms with van der Waals surface area (Å²) in [6.45, 7) is 19.2. The molecule has 2 aromatic carbocycles. The maximum Gasteiger partial charge on any atom is 0.248 e. The molecule has 0 aromatic heterocycles. The van der Waals surface area contributed by atoms with E-state index < -0.39 is 179 Å². The van der Waals surface area contributed by atoms with Gasteiger partial charge in [0.1, 0.15) is 60.4 Å². The smallest absolute Gasteiger partial charge is 0.248 e. The van der Waals surface area contributed by atoms with E-state index >= 15 is 43.2 Å². The van der Waals surface area contributed by atoms with Gasteiger partial charge in [-0.3, -0.25) is 67.1 Å². The molecular formula is C77H122ClN13O16S. The molecule has 604 valence electrons. The normalized spacial score (nSPS) is 24.2. The third-order valence-electron chi connectivity index (χ3n) is 19.8. The highest BCUT2D eigenvalue weighted by atomic mass is 35.5. The molecule has 0 aliphatic carbocycles. The summed E-state index contributed by atoms with van der Waals surface area (Å²) in [5, 5.41) is 22.9. The predicted molar refractivity (Wildman–Crippen MR) is 411 cm³/mol. The maximum atomic E-state index is 15.7. The summed E-state index contributed by atoms with van der Waals surface area (Å²) in [5.74, 6) is -11.8. The minimum absolute atomic E-state index is 0.0340. The second-order valence-corrected chi connectivity index (χ2v) is 33.0. The van der Waals surface area contributed by atoms with Crippen molar-refractivity contribution >= 4 is 98.4 Å². The summed E-state index contributed by atoms with van der Waals surface area (Å²) in [6, 6.07) is 0.175. The SMILES string of the molecule is CCCCN1CC(=O)N(C)[C@@H](CC(C)C)C(=O)N[C@H](C(=O)N2CCCCC2)CC(=O)N(C)[C@@H](CC(C)C)C(=O)N[C@@H](CC(C)C)C(=O)N(C)[C@@H](CC)C(=O)N(C)[C@@H](Cc2ccccc2)C(=O)NC(CCC(=O)NS(C)(=O)=O)C(=O)N(C)[C@@H](Cc2cccc(Cl)c2)C(=O)N(C)[C@@H](CC(C)C)C(=O)N[C@@H]([C@@H](C)O)C1=O. The van der Waals surface area contributed by atoms with Crippen LogP contribution in [0.25, 0.3) is 0 Å². The number of aliphatic hydroxyl groups is 1. The van der Waals surface area contributed by atoms with Crippen molar-refractivity contribution in [2.75, 3.05) is 74.7 Å². The number of unbranched alkanes of at least 4 members (excludes halogenated alkanes) is 1. The maximum absolute atomic E-state index is 15.7. The molecule has 1 unspecified atom stereocenters. The van der Waals surface area contributed by atoms with Crippen LogP contribution in [-0.4, -0.2) is 271 Å². The molecule has 6 N–H and O–H groups in total. The van der Waals surface area contributed by atoms with E-state index in [0.29, 0.717) is 49.9 Å². The molecule has 2 aliphatic heterocycles. The molecule has 108 heavy (non-hydrogen) atoms. The van der Waals surface area contributed by atoms with Gasteiger partial charge in [0, 0.05) is 86.2 Å². The van der Waals surface area contributed by atoms with Crippen molar-refractivity contribution in [3.05, 3.63) is 70.7 Å². The van der Waals surface area contributed by atoms with E-state index in [4.69, 9.17) is 11.6 Å². The number of aliphatic hydroxyl groups excluding tert-OH is 1. The zero-order valence-corrected chi connectivity index (χ0v) is 68.3. The molecule has 0 bridgehead atoms. The number of benzene rings is 2. The summed E-state index contributed by atoms with van der Waals surface area (Å²) in [6.07, 6.45) is -0.204. The van der Waals surface area contributed by atoms with E-state index in [1.165, 1.54) is 59.0 Å². The fourth-order valence-corrected chi connectivity index (χ4v) is 14.3. The average molecular weight is 1550 g/mol. The number of amides is 13. The van der Waals surface area contributed by atoms with Gasteiger partial charge in [0.25, 0.3) is 0 Å². The Morgan fingerprint density at radius 1 is 0.537 bits per heavy atom. The molecule has 29 nitrogen and oxygen atoms in total. The molecule has 0 radical (unpaired) electrons. The van der Waals surface area contributed by atoms with Crippen LogP contribution in [0.1, 0.15) is 171 Å². The van der Waals surface area contributed by atoms with Gasteiger partial charge in [-0.1, -0.05) is 130 Å². The van der Waals surface area contributed by atoms with Gasteiger partial charge in [-0.2, -0.15) is 0 Å². The minimum Gasteiger partial charge on any atom is -0.391 e. The number of halogens is 1. The van der Waals surface area contributed by atoms with E-state index in [9.17, 15) is 32.7 Å². The number of carbonyl (C=O) groups is 13. The second-order valence-electron chi connectivity index (χ2n) is 30.8. The van der Waals surface area contributed by atoms with Gasteiger partial charge in [0.15, 0.2) is 0 Å². The Kier molecular flexibility index (Phi) is 36.9. The zero-order valence-electron chi connectivity index (χ0n) is 66.7. The van der Waals surface area contributed by atoms with E-state index in [2.05, 4.69) is 21.3 Å². The van der Waals surface area contributed by atoms with Crippen molar-refractivity contribution in [3.8, 4) is 0 Å². The lowest BCUT2D eigenvalue weighted by atomic mass is 9.97. The van der Waals surface area contributed by atoms with E-state index in [0.717, 1.165) is 37.2 Å². The van der Waals surface area contributed by atoms with Crippen molar-refractivity contribution in [1.29, 1.82) is 0 Å². The Morgan fingerprint density at radius 3 is 1.53 bits per heavy atom. The average Bonchev–Trinajstić information content (AvgIpc) is 0.808. The van der Waals surface area contributed by atoms with Crippen LogP contribution in [0.3, 0.4) is 0 Å². The van der Waals surface area contributed by atoms with Crippen LogP contribution in [0.2, 0.25) is 5.02 Å². The van der Waals surface area contributed by atoms with Gasteiger partial charge in [-0.15, -0.1) is 0 Å². The lowest BCUT2D eigenvalue weighted by molar-refractivity contribution is -0.151. The van der Waals surface area contributed by atoms with Gasteiger partial charge in [0.2, 0.25) is 86.8 Å². The third kappa shape index (κ3) is 27.7. The summed E-state index contributed by atoms with van der Waals surface area (Å²) in [4.78, 5) is 205. The van der Waals surface area contributed by atoms with Crippen molar-refractivity contribution in [1.82, 2.24) is 65.2 Å². The number of nitrogens with one attached hydrogen (secondary N) is 5. The first-order valence-electron chi connectivity index (χ1n) is 37.9. The topological polar surface area (TPSA) is 362 Å². The lowest BCUT2D eigenvalue weighted by Gasteiger charge is -2.38. The van der Waals surface area contributed by atoms with Crippen LogP contribution in [0.15, 0.2) is 54.6 Å². The van der Waals surface area contributed by atoms with Crippen LogP contribution in [0.4, 0.5) is 0 Å². The summed E-state index contributed by atoms with van der Waals surface area (Å²) < 4.78 is 26.7. The molecule has 2 aliphatic rings. The fourth-order valence-electron chi connectivity index (χ4n) is 13.6. The fraction of sp³-hybridized carbons (Fsp3) is 0.675. The van der Waals surface area contributed by atoms with Crippen LogP contribution < -0.4 is 26.0 Å². The molecule has 2 aromatic rings. The van der Waals surface area contributed by atoms with Crippen molar-refractivity contribution < 1.29 is 75.9 Å². The summed E-state index contributed by atoms with van der Waals surface area (Å²) >= 11 is 6.53. The number of hydrogen-bond acceptors (Lipinski definition) is 16. The number of hydrogen-bond donors (Lipinski definition) is 6. The quantitative estimate of drug-likeness (QED) is 0.0973. The number of likely N-dealkylation sites (tertiary alicyclic amines) is 1. The Morgan fingerprint density at radius 2 is 1.00 bits per heavy atom. The largest absolute Gasteiger partial charge is 0.391 e. The van der Waals surface area contributed by atoms with Crippen LogP contribution >= 0.6 is 11.6 Å². The summed E-state index contributed by atoms with van der Waals surface area (Å²) in [7, 11) is 3.90. The number of nitrogens with zero attached hydrogens (tertiary/aromatic N) is 8. The first kappa shape index (κ1) is 92.1. The Balaban J connectivity index is 2.07. The zero-order chi connectivity index (χ0) is 81.4. The standard InChI is InChI=1S/C77H122ClN13O16S/c1-19-21-35-91-46-66(95)85(13)60(40-49(7)8)69(97)81-57(74(102)90-36-26-23-27-37-90)45-65(94)84(12)59(39-48(5)6)68(96)80-56(38-47(3)4)73(101)86(14)58(20-2)75(103)88(16)62(43-52-29-24-22-25-30-52)70(98)79-55(33-34-64(93)83-108(18,106)107)72(100)89(17)63(44-53-31-28-32-54(78)42-53)76(104)87(15)61(41-50(9)10)71(99)82-67(51(11)92)77(91)105/h22,24-25,28-32,42,47-51,55-63,67,92H,19-21,23,26-27,33-41,43-46H2,1-18H3,(H,79,98)(H,80,96)(H,81,97)(H,82,99)(H,83,93)/t51-,55?,56+,57+,58+,59+,60+,61+,62+,63+,67+/m1/s1. The molecular weight excluding hydrogens is 1430 g/mol. The van der Waals surface area contributed by atoms with Crippen molar-refractivity contribution in [2.24, 2.45) is 23.7 Å². The van der Waals surface area contributed by atoms with E-state index in [1.54, 1.807) is 80.3 Å². The van der Waals surface area contributed by atoms with Gasteiger partial charge in [-0.25, -0.2) is 8.42 Å². The second kappa shape index (κ2) is 43.2. The monoisotopic (exact) mass is 1550 g/mol. The number of carbonyl (C=O) groups excluding carboxylic acids is 13. The van der Waals surface area contributed by atoms with Gasteiger partial charge in [0.05, 0.1) is 25.3 Å². The van der Waals surface area contributed by atoms with Crippen molar-refractivity contribution in [2.45, 2.75) is 239 Å². The van der Waals surface area contributed by atoms with Gasteiger partial charge in [-0.05, 0) is 118 Å². The number of rotatable bonds is 22. The van der Waals surface area contributed by atoms with Crippen molar-refractivity contribution in [3.63, 3.8) is 0 Å². The van der Waals surface area contributed by atoms with Crippen LogP contribution in [0, 0.1) is 23.7 Å². The third-order valence-corrected chi connectivity index (χ3v) is 20.7. The minimum atomic E-state index is -4.16. The molecule has 2 fully saturated rings. The lowest BCUT2D eigenvalue weighted by Crippen LogP contribution is -2.62. The first-order valence-corrected chi connectivity index (χ1v) is 40.1. The molecule has 2 saturated heterocycles. The van der Waals surface area contributed by atoms with E-state index in [-0.39, 0.29) is 80.2 Å². The highest BCUT2D eigenvalue weighted by Crippen LogP contribution is 2.25. The van der Waals surface area contributed by atoms with E-state index in [1.807, 2.05) is 53.2 Å². The highest BCUT2D eigenvalue weighted by Gasteiger charge is 2.44. The van der Waals surface area contributed by atoms with Gasteiger partial charge >= 0.3 is 0 Å². The Labute approximate surface area is 644 Å². The molecule has 13 amide bonds. The molecule has 11 atom stereocenters. The number of sulfonamides is 1.